The van der Waals surface area contributed by atoms with Crippen molar-refractivity contribution < 1.29 is 22.5 Å². The van der Waals surface area contributed by atoms with Crippen molar-refractivity contribution in [3.8, 4) is 5.75 Å². The molecule has 21 heavy (non-hydrogen) atoms. The van der Waals surface area contributed by atoms with Crippen molar-refractivity contribution >= 4 is 16.1 Å². The molecule has 0 fully saturated rings. The zero-order valence-corrected chi connectivity index (χ0v) is 13.7. The van der Waals surface area contributed by atoms with E-state index in [1.165, 1.54) is 6.92 Å². The second-order valence-electron chi connectivity index (χ2n) is 5.18. The smallest absolute Gasteiger partial charge is 0.311 e. The third-order valence-corrected chi connectivity index (χ3v) is 4.58. The van der Waals surface area contributed by atoms with Crippen LogP contribution in [0.3, 0.4) is 0 Å². The van der Waals surface area contributed by atoms with E-state index in [0.717, 1.165) is 19.3 Å². The number of hydrogen-bond acceptors (Lipinski definition) is 4. The fraction of sp³-hybridized carbons (Fsp3) is 0.533. The second kappa shape index (κ2) is 7.04. The standard InChI is InChI=1S/C15H22O5S/c1-5-6-7-8-14(16)20-13-9-10(2)11(3)15(12(13)4)21(17,18)19/h9H,5-8H2,1-4H3,(H,17,18,19). The Morgan fingerprint density at radius 3 is 2.33 bits per heavy atom. The third kappa shape index (κ3) is 4.54. The van der Waals surface area contributed by atoms with E-state index in [9.17, 15) is 17.8 Å². The molecule has 0 bridgehead atoms. The first-order chi connectivity index (χ1) is 9.68. The van der Waals surface area contributed by atoms with Gasteiger partial charge in [0.15, 0.2) is 0 Å². The summed E-state index contributed by atoms with van der Waals surface area (Å²) in [5.74, 6) is -0.205. The number of rotatable bonds is 6. The Kier molecular flexibility index (Phi) is 5.92. The predicted octanol–water partition coefficient (Wildman–Crippen LogP) is 3.34. The summed E-state index contributed by atoms with van der Waals surface area (Å²) in [6.07, 6.45) is 2.98. The molecule has 1 aromatic rings. The number of unbranched alkanes of at least 4 members (excludes halogenated alkanes) is 2. The molecule has 6 heteroatoms. The molecular weight excluding hydrogens is 292 g/mol. The van der Waals surface area contributed by atoms with Crippen LogP contribution in [0.15, 0.2) is 11.0 Å². The first-order valence-corrected chi connectivity index (χ1v) is 8.41. The lowest BCUT2D eigenvalue weighted by molar-refractivity contribution is -0.134. The van der Waals surface area contributed by atoms with Crippen molar-refractivity contribution in [2.24, 2.45) is 0 Å². The van der Waals surface area contributed by atoms with Gasteiger partial charge in [0.1, 0.15) is 10.6 Å². The Morgan fingerprint density at radius 2 is 1.81 bits per heavy atom. The summed E-state index contributed by atoms with van der Waals surface area (Å²) in [6, 6.07) is 1.62. The summed E-state index contributed by atoms with van der Waals surface area (Å²) < 4.78 is 37.6. The molecule has 0 atom stereocenters. The second-order valence-corrected chi connectivity index (χ2v) is 6.54. The molecule has 118 valence electrons. The maximum atomic E-state index is 11.8. The van der Waals surface area contributed by atoms with Crippen LogP contribution in [0.1, 0.15) is 49.3 Å². The average molecular weight is 314 g/mol. The quantitative estimate of drug-likeness (QED) is 0.377. The number of carbonyl (C=O) groups is 1. The Morgan fingerprint density at radius 1 is 1.19 bits per heavy atom. The maximum Gasteiger partial charge on any atom is 0.311 e. The molecule has 0 spiro atoms. The first-order valence-electron chi connectivity index (χ1n) is 6.97. The van der Waals surface area contributed by atoms with Gasteiger partial charge < -0.3 is 4.74 Å². The minimum absolute atomic E-state index is 0.182. The van der Waals surface area contributed by atoms with Gasteiger partial charge in [-0.05, 0) is 44.4 Å². The first kappa shape index (κ1) is 17.7. The minimum Gasteiger partial charge on any atom is -0.426 e. The van der Waals surface area contributed by atoms with Gasteiger partial charge >= 0.3 is 5.97 Å². The largest absolute Gasteiger partial charge is 0.426 e. The van der Waals surface area contributed by atoms with E-state index in [4.69, 9.17) is 4.74 Å². The topological polar surface area (TPSA) is 80.7 Å². The zero-order valence-electron chi connectivity index (χ0n) is 12.9. The van der Waals surface area contributed by atoms with Crippen LogP contribution in [0.4, 0.5) is 0 Å². The molecule has 5 nitrogen and oxygen atoms in total. The molecule has 1 N–H and O–H groups in total. The van der Waals surface area contributed by atoms with Crippen molar-refractivity contribution in [1.82, 2.24) is 0 Å². The van der Waals surface area contributed by atoms with Crippen molar-refractivity contribution in [3.63, 3.8) is 0 Å². The molecular formula is C15H22O5S. The van der Waals surface area contributed by atoms with Crippen LogP contribution < -0.4 is 4.74 Å². The summed E-state index contributed by atoms with van der Waals surface area (Å²) in [5, 5.41) is 0. The molecule has 1 aromatic carbocycles. The molecule has 0 aromatic heterocycles. The van der Waals surface area contributed by atoms with Crippen LogP contribution in [0.25, 0.3) is 0 Å². The van der Waals surface area contributed by atoms with E-state index in [1.54, 1.807) is 19.9 Å². The van der Waals surface area contributed by atoms with Gasteiger partial charge in [0, 0.05) is 12.0 Å². The van der Waals surface area contributed by atoms with Crippen molar-refractivity contribution in [1.29, 1.82) is 0 Å². The van der Waals surface area contributed by atoms with E-state index >= 15 is 0 Å². The lowest BCUT2D eigenvalue weighted by Gasteiger charge is -2.14. The zero-order chi connectivity index (χ0) is 16.2. The maximum absolute atomic E-state index is 11.8. The molecule has 0 amide bonds. The number of benzene rings is 1. The molecule has 1 rings (SSSR count). The normalized spacial score (nSPS) is 11.5. The molecule has 0 aliphatic heterocycles. The van der Waals surface area contributed by atoms with Crippen LogP contribution in [-0.2, 0) is 14.9 Å². The predicted molar refractivity (Wildman–Crippen MR) is 80.2 cm³/mol. The number of carbonyl (C=O) groups excluding carboxylic acids is 1. The van der Waals surface area contributed by atoms with Gasteiger partial charge in [-0.2, -0.15) is 8.42 Å². The molecule has 0 unspecified atom stereocenters. The minimum atomic E-state index is -4.36. The van der Waals surface area contributed by atoms with E-state index < -0.39 is 16.1 Å². The fourth-order valence-corrected chi connectivity index (χ4v) is 3.21. The SMILES string of the molecule is CCCCCC(=O)Oc1cc(C)c(C)c(S(=O)(=O)O)c1C. The summed E-state index contributed by atoms with van der Waals surface area (Å²) in [4.78, 5) is 11.6. The third-order valence-electron chi connectivity index (χ3n) is 3.46. The Bertz CT molecular complexity index is 632. The molecule has 0 radical (unpaired) electrons. The van der Waals surface area contributed by atoms with E-state index in [2.05, 4.69) is 0 Å². The molecule has 0 aliphatic rings. The van der Waals surface area contributed by atoms with Crippen LogP contribution in [0.5, 0.6) is 5.75 Å². The van der Waals surface area contributed by atoms with Crippen molar-refractivity contribution in [2.45, 2.75) is 58.3 Å². The highest BCUT2D eigenvalue weighted by Crippen LogP contribution is 2.31. The van der Waals surface area contributed by atoms with Crippen LogP contribution in [0, 0.1) is 20.8 Å². The summed E-state index contributed by atoms with van der Waals surface area (Å²) in [6.45, 7) is 6.87. The van der Waals surface area contributed by atoms with E-state index in [1.807, 2.05) is 6.92 Å². The molecule has 0 saturated carbocycles. The molecule has 0 heterocycles. The van der Waals surface area contributed by atoms with Gasteiger partial charge in [0.05, 0.1) is 0 Å². The number of hydrogen-bond donors (Lipinski definition) is 1. The van der Waals surface area contributed by atoms with Gasteiger partial charge in [0.2, 0.25) is 0 Å². The summed E-state index contributed by atoms with van der Waals surface area (Å²) >= 11 is 0. The van der Waals surface area contributed by atoms with Crippen molar-refractivity contribution in [2.75, 3.05) is 0 Å². The lowest BCUT2D eigenvalue weighted by atomic mass is 10.1. The number of ether oxygens (including phenoxy) is 1. The van der Waals surface area contributed by atoms with Crippen molar-refractivity contribution in [3.05, 3.63) is 22.8 Å². The highest BCUT2D eigenvalue weighted by molar-refractivity contribution is 7.86. The Balaban J connectivity index is 3.10. The fourth-order valence-electron chi connectivity index (χ4n) is 2.17. The van der Waals surface area contributed by atoms with Gasteiger partial charge in [-0.15, -0.1) is 0 Å². The highest BCUT2D eigenvalue weighted by Gasteiger charge is 2.22. The Hall–Kier alpha value is -1.40. The summed E-state index contributed by atoms with van der Waals surface area (Å²) in [5.41, 5.74) is 1.36. The van der Waals surface area contributed by atoms with Gasteiger partial charge in [-0.1, -0.05) is 19.8 Å². The number of aryl methyl sites for hydroxylation is 1. The monoisotopic (exact) mass is 314 g/mol. The van der Waals surface area contributed by atoms with E-state index in [-0.39, 0.29) is 16.2 Å². The average Bonchev–Trinajstić information content (AvgIpc) is 2.35. The Labute approximate surface area is 126 Å². The van der Waals surface area contributed by atoms with Crippen LogP contribution in [0.2, 0.25) is 0 Å². The molecule has 0 aliphatic carbocycles. The lowest BCUT2D eigenvalue weighted by Crippen LogP contribution is -2.12. The summed E-state index contributed by atoms with van der Waals surface area (Å²) in [7, 11) is -4.36. The van der Waals surface area contributed by atoms with Crippen LogP contribution in [-0.4, -0.2) is 18.9 Å². The van der Waals surface area contributed by atoms with Gasteiger partial charge in [-0.25, -0.2) is 0 Å². The van der Waals surface area contributed by atoms with E-state index in [0.29, 0.717) is 17.5 Å². The van der Waals surface area contributed by atoms with Gasteiger partial charge in [0.25, 0.3) is 10.1 Å². The van der Waals surface area contributed by atoms with Crippen LogP contribution >= 0.6 is 0 Å². The number of esters is 1. The van der Waals surface area contributed by atoms with Gasteiger partial charge in [-0.3, -0.25) is 9.35 Å². The highest BCUT2D eigenvalue weighted by atomic mass is 32.2. The molecule has 0 saturated heterocycles.